The van der Waals surface area contributed by atoms with Crippen LogP contribution in [0.2, 0.25) is 0 Å². The van der Waals surface area contributed by atoms with Crippen molar-refractivity contribution in [3.05, 3.63) is 54.2 Å². The average molecular weight is 285 g/mol. The predicted octanol–water partition coefficient (Wildman–Crippen LogP) is 1.07. The lowest BCUT2D eigenvalue weighted by Gasteiger charge is -2.03. The molecule has 0 saturated heterocycles. The van der Waals surface area contributed by atoms with Crippen LogP contribution in [0.25, 0.3) is 11.5 Å². The van der Waals surface area contributed by atoms with E-state index in [0.717, 1.165) is 0 Å². The van der Waals surface area contributed by atoms with Gasteiger partial charge in [0, 0.05) is 12.3 Å². The summed E-state index contributed by atoms with van der Waals surface area (Å²) in [6.07, 6.45) is 3.13. The summed E-state index contributed by atoms with van der Waals surface area (Å²) in [4.78, 5) is 26.2. The van der Waals surface area contributed by atoms with Crippen molar-refractivity contribution in [1.29, 1.82) is 0 Å². The quantitative estimate of drug-likeness (QED) is 0.539. The number of nitrogens with zero attached hydrogens (tertiary/aromatic N) is 1. The van der Waals surface area contributed by atoms with Gasteiger partial charge in [-0.1, -0.05) is 0 Å². The molecule has 2 amide bonds. The van der Waals surface area contributed by atoms with E-state index in [4.69, 9.17) is 4.42 Å². The van der Waals surface area contributed by atoms with Crippen molar-refractivity contribution in [2.75, 3.05) is 0 Å². The van der Waals surface area contributed by atoms with Crippen molar-refractivity contribution >= 4 is 11.8 Å². The first-order valence-corrected chi connectivity index (χ1v) is 6.07. The molecule has 0 aliphatic heterocycles. The molecule has 0 aromatic carbocycles. The molecule has 106 valence electrons. The fraction of sp³-hybridized carbons (Fsp3) is 0. The van der Waals surface area contributed by atoms with Crippen LogP contribution in [0, 0.1) is 0 Å². The first-order valence-electron chi connectivity index (χ1n) is 6.07. The van der Waals surface area contributed by atoms with Gasteiger partial charge in [-0.25, -0.2) is 0 Å². The Morgan fingerprint density at radius 3 is 2.71 bits per heavy atom. The molecule has 21 heavy (non-hydrogen) atoms. The minimum Gasteiger partial charge on any atom is -0.463 e. The molecule has 4 N–H and O–H groups in total. The maximum Gasteiger partial charge on any atom is 0.290 e. The second-order valence-corrected chi connectivity index (χ2v) is 4.14. The molecule has 0 radical (unpaired) electrons. The lowest BCUT2D eigenvalue weighted by atomic mass is 10.3. The predicted molar refractivity (Wildman–Crippen MR) is 72.0 cm³/mol. The SMILES string of the molecule is O=C(NNC(=O)c1ccc[nH]1)c1cc(-c2ccco2)[nH]n1. The van der Waals surface area contributed by atoms with Crippen LogP contribution in [0.15, 0.2) is 47.2 Å². The number of hydrazine groups is 1. The standard InChI is InChI=1S/C13H11N5O3/c19-12(8-3-1-5-14-8)17-18-13(20)10-7-9(15-16-10)11-4-2-6-21-11/h1-7,14H,(H,15,16)(H,17,19)(H,18,20). The number of hydrogen-bond donors (Lipinski definition) is 4. The van der Waals surface area contributed by atoms with Crippen LogP contribution < -0.4 is 10.9 Å². The number of nitrogens with one attached hydrogen (secondary N) is 4. The first kappa shape index (κ1) is 12.7. The van der Waals surface area contributed by atoms with E-state index in [0.29, 0.717) is 17.1 Å². The highest BCUT2D eigenvalue weighted by molar-refractivity contribution is 5.97. The van der Waals surface area contributed by atoms with Gasteiger partial charge in [0.25, 0.3) is 11.8 Å². The second-order valence-electron chi connectivity index (χ2n) is 4.14. The van der Waals surface area contributed by atoms with Gasteiger partial charge in [0.2, 0.25) is 0 Å². The Hall–Kier alpha value is -3.29. The van der Waals surface area contributed by atoms with E-state index < -0.39 is 11.8 Å². The number of carbonyl (C=O) groups is 2. The number of furan rings is 1. The number of aromatic amines is 2. The lowest BCUT2D eigenvalue weighted by Crippen LogP contribution is -2.41. The maximum atomic E-state index is 11.9. The van der Waals surface area contributed by atoms with Gasteiger partial charge >= 0.3 is 0 Å². The van der Waals surface area contributed by atoms with Gasteiger partial charge in [-0.05, 0) is 24.3 Å². The Morgan fingerprint density at radius 2 is 2.00 bits per heavy atom. The van der Waals surface area contributed by atoms with E-state index >= 15 is 0 Å². The van der Waals surface area contributed by atoms with Gasteiger partial charge in [0.15, 0.2) is 11.5 Å². The highest BCUT2D eigenvalue weighted by Gasteiger charge is 2.14. The number of amides is 2. The highest BCUT2D eigenvalue weighted by Crippen LogP contribution is 2.17. The van der Waals surface area contributed by atoms with Crippen molar-refractivity contribution in [2.24, 2.45) is 0 Å². The van der Waals surface area contributed by atoms with E-state index in [-0.39, 0.29) is 5.69 Å². The van der Waals surface area contributed by atoms with Gasteiger partial charge in [-0.3, -0.25) is 25.5 Å². The van der Waals surface area contributed by atoms with Gasteiger partial charge < -0.3 is 9.40 Å². The summed E-state index contributed by atoms with van der Waals surface area (Å²) in [5.74, 6) is -0.420. The molecule has 0 unspecified atom stereocenters. The number of aromatic nitrogens is 3. The van der Waals surface area contributed by atoms with Crippen molar-refractivity contribution in [2.45, 2.75) is 0 Å². The molecule has 0 spiro atoms. The molecule has 0 aliphatic carbocycles. The van der Waals surface area contributed by atoms with E-state index in [1.54, 1.807) is 30.5 Å². The normalized spacial score (nSPS) is 10.3. The van der Waals surface area contributed by atoms with Crippen LogP contribution in [-0.4, -0.2) is 27.0 Å². The molecule has 3 heterocycles. The third kappa shape index (κ3) is 2.68. The van der Waals surface area contributed by atoms with E-state index in [2.05, 4.69) is 26.0 Å². The molecule has 0 saturated carbocycles. The summed E-state index contributed by atoms with van der Waals surface area (Å²) >= 11 is 0. The van der Waals surface area contributed by atoms with Gasteiger partial charge in [-0.2, -0.15) is 5.10 Å². The molecule has 0 aliphatic rings. The second kappa shape index (κ2) is 5.37. The fourth-order valence-electron chi connectivity index (χ4n) is 1.71. The van der Waals surface area contributed by atoms with Crippen molar-refractivity contribution < 1.29 is 14.0 Å². The number of H-pyrrole nitrogens is 2. The molecule has 8 nitrogen and oxygen atoms in total. The summed E-state index contributed by atoms with van der Waals surface area (Å²) in [6.45, 7) is 0. The van der Waals surface area contributed by atoms with Gasteiger partial charge in [0.05, 0.1) is 6.26 Å². The Bertz CT molecular complexity index is 743. The zero-order valence-corrected chi connectivity index (χ0v) is 10.7. The van der Waals surface area contributed by atoms with Crippen molar-refractivity contribution in [3.8, 4) is 11.5 Å². The third-order valence-corrected chi connectivity index (χ3v) is 2.73. The third-order valence-electron chi connectivity index (χ3n) is 2.73. The Balaban J connectivity index is 1.62. The average Bonchev–Trinajstić information content (AvgIpc) is 3.25. The Labute approximate surface area is 118 Å². The van der Waals surface area contributed by atoms with Crippen molar-refractivity contribution in [3.63, 3.8) is 0 Å². The van der Waals surface area contributed by atoms with Crippen LogP contribution in [0.1, 0.15) is 21.0 Å². The Morgan fingerprint density at radius 1 is 1.14 bits per heavy atom. The Kier molecular flexibility index (Phi) is 3.26. The molecule has 0 bridgehead atoms. The zero-order chi connectivity index (χ0) is 14.7. The largest absolute Gasteiger partial charge is 0.463 e. The minimum absolute atomic E-state index is 0.133. The number of hydrogen-bond acceptors (Lipinski definition) is 4. The van der Waals surface area contributed by atoms with Crippen LogP contribution in [-0.2, 0) is 0 Å². The van der Waals surface area contributed by atoms with Gasteiger partial charge in [-0.15, -0.1) is 0 Å². The first-order chi connectivity index (χ1) is 10.2. The van der Waals surface area contributed by atoms with Crippen LogP contribution >= 0.6 is 0 Å². The van der Waals surface area contributed by atoms with Gasteiger partial charge in [0.1, 0.15) is 11.4 Å². The molecule has 0 atom stereocenters. The monoisotopic (exact) mass is 285 g/mol. The van der Waals surface area contributed by atoms with Crippen molar-refractivity contribution in [1.82, 2.24) is 26.0 Å². The topological polar surface area (TPSA) is 116 Å². The fourth-order valence-corrected chi connectivity index (χ4v) is 1.71. The maximum absolute atomic E-state index is 11.9. The van der Waals surface area contributed by atoms with E-state index in [1.165, 1.54) is 12.3 Å². The molecule has 3 aromatic rings. The summed E-state index contributed by atoms with van der Waals surface area (Å²) in [5, 5.41) is 6.54. The van der Waals surface area contributed by atoms with Crippen LogP contribution in [0.5, 0.6) is 0 Å². The summed E-state index contributed by atoms with van der Waals surface area (Å²) < 4.78 is 5.18. The molecule has 8 heteroatoms. The zero-order valence-electron chi connectivity index (χ0n) is 10.7. The highest BCUT2D eigenvalue weighted by atomic mass is 16.3. The summed E-state index contributed by atoms with van der Waals surface area (Å²) in [6, 6.07) is 8.26. The number of rotatable bonds is 3. The smallest absolute Gasteiger partial charge is 0.290 e. The van der Waals surface area contributed by atoms with Crippen LogP contribution in [0.3, 0.4) is 0 Å². The molecule has 0 fully saturated rings. The number of carbonyl (C=O) groups excluding carboxylic acids is 2. The van der Waals surface area contributed by atoms with E-state index in [9.17, 15) is 9.59 Å². The van der Waals surface area contributed by atoms with E-state index in [1.807, 2.05) is 0 Å². The molecule has 3 rings (SSSR count). The molecule has 3 aromatic heterocycles. The molecular weight excluding hydrogens is 274 g/mol. The molecular formula is C13H11N5O3. The summed E-state index contributed by atoms with van der Waals surface area (Å²) in [7, 11) is 0. The summed E-state index contributed by atoms with van der Waals surface area (Å²) in [5.41, 5.74) is 5.60. The lowest BCUT2D eigenvalue weighted by molar-refractivity contribution is 0.0841. The van der Waals surface area contributed by atoms with Crippen LogP contribution in [0.4, 0.5) is 0 Å². The minimum atomic E-state index is -0.538.